The first-order valence-corrected chi connectivity index (χ1v) is 7.29. The fourth-order valence-electron chi connectivity index (χ4n) is 2.11. The summed E-state index contributed by atoms with van der Waals surface area (Å²) in [5.41, 5.74) is 0.466. The minimum atomic E-state index is -1.14. The van der Waals surface area contributed by atoms with Crippen molar-refractivity contribution in [2.75, 3.05) is 27.4 Å². The molecule has 1 aromatic rings. The highest BCUT2D eigenvalue weighted by Crippen LogP contribution is 2.29. The number of imide groups is 1. The fraction of sp³-hybridized carbons (Fsp3) is 0.250. The van der Waals surface area contributed by atoms with E-state index < -0.39 is 37.0 Å². The van der Waals surface area contributed by atoms with Crippen molar-refractivity contribution >= 4 is 30.0 Å². The number of carboxylic acids is 1. The van der Waals surface area contributed by atoms with Crippen LogP contribution in [0.4, 0.5) is 4.79 Å². The molecular weight excluding hydrogens is 348 g/mol. The van der Waals surface area contributed by atoms with Crippen molar-refractivity contribution in [2.24, 2.45) is 0 Å². The van der Waals surface area contributed by atoms with E-state index in [9.17, 15) is 19.2 Å². The number of ether oxygens (including phenoxy) is 3. The number of methoxy groups -OCH3 is 2. The van der Waals surface area contributed by atoms with Gasteiger partial charge in [0.2, 0.25) is 0 Å². The van der Waals surface area contributed by atoms with E-state index in [-0.39, 0.29) is 17.2 Å². The molecule has 1 aromatic carbocycles. The number of carbonyl (C=O) groups excluding carboxylic acids is 3. The zero-order chi connectivity index (χ0) is 19.3. The van der Waals surface area contributed by atoms with Crippen LogP contribution in [0.25, 0.3) is 6.08 Å². The SMILES string of the molecule is COC(=O)CN1C(=O)N/C(=C/c2ccc(OCC(=O)O)c(OC)c2)C1=O. The van der Waals surface area contributed by atoms with Crippen LogP contribution >= 0.6 is 0 Å². The molecular formula is C16H16N2O8. The lowest BCUT2D eigenvalue weighted by Gasteiger charge is -2.10. The number of esters is 1. The number of nitrogens with zero attached hydrogens (tertiary/aromatic N) is 1. The Balaban J connectivity index is 2.21. The molecule has 0 atom stereocenters. The van der Waals surface area contributed by atoms with Crippen molar-refractivity contribution in [1.29, 1.82) is 0 Å². The Bertz CT molecular complexity index is 786. The summed E-state index contributed by atoms with van der Waals surface area (Å²) in [5, 5.41) is 11.0. The standard InChI is InChI=1S/C16H16N2O8/c1-24-12-6-9(3-4-11(12)26-8-13(19)20)5-10-15(22)18(16(23)17-10)7-14(21)25-2/h3-6H,7-8H2,1-2H3,(H,17,23)(H,19,20)/b10-5+. The normalized spacial score (nSPS) is 15.0. The molecule has 0 bridgehead atoms. The van der Waals surface area contributed by atoms with Crippen molar-refractivity contribution in [2.45, 2.75) is 0 Å². The van der Waals surface area contributed by atoms with Gasteiger partial charge in [-0.05, 0) is 23.8 Å². The zero-order valence-corrected chi connectivity index (χ0v) is 14.0. The summed E-state index contributed by atoms with van der Waals surface area (Å²) in [6.07, 6.45) is 1.39. The molecule has 1 aliphatic rings. The Hall–Kier alpha value is -3.56. The number of nitrogens with one attached hydrogen (secondary N) is 1. The lowest BCUT2D eigenvalue weighted by molar-refractivity contribution is -0.143. The lowest BCUT2D eigenvalue weighted by Crippen LogP contribution is -2.36. The first kappa shape index (κ1) is 18.8. The third-order valence-corrected chi connectivity index (χ3v) is 3.33. The summed E-state index contributed by atoms with van der Waals surface area (Å²) in [5.74, 6) is -2.07. The van der Waals surface area contributed by atoms with Crippen LogP contribution in [-0.2, 0) is 19.1 Å². The second kappa shape index (κ2) is 8.01. The summed E-state index contributed by atoms with van der Waals surface area (Å²) in [6, 6.07) is 3.79. The molecule has 10 heteroatoms. The number of hydrogen-bond donors (Lipinski definition) is 2. The second-order valence-corrected chi connectivity index (χ2v) is 5.05. The van der Waals surface area contributed by atoms with Gasteiger partial charge >= 0.3 is 18.0 Å². The molecule has 26 heavy (non-hydrogen) atoms. The molecule has 2 N–H and O–H groups in total. The van der Waals surface area contributed by atoms with Crippen LogP contribution in [0.5, 0.6) is 11.5 Å². The lowest BCUT2D eigenvalue weighted by atomic mass is 10.1. The molecule has 3 amide bonds. The second-order valence-electron chi connectivity index (χ2n) is 5.05. The van der Waals surface area contributed by atoms with Gasteiger partial charge in [0.25, 0.3) is 5.91 Å². The van der Waals surface area contributed by atoms with Crippen LogP contribution in [-0.4, -0.2) is 61.3 Å². The molecule has 1 heterocycles. The molecule has 0 radical (unpaired) electrons. The van der Waals surface area contributed by atoms with E-state index in [1.54, 1.807) is 6.07 Å². The number of benzene rings is 1. The van der Waals surface area contributed by atoms with E-state index in [0.29, 0.717) is 5.56 Å². The fourth-order valence-corrected chi connectivity index (χ4v) is 2.11. The van der Waals surface area contributed by atoms with Crippen molar-refractivity contribution in [3.05, 3.63) is 29.5 Å². The van der Waals surface area contributed by atoms with Gasteiger partial charge in [-0.3, -0.25) is 9.59 Å². The minimum Gasteiger partial charge on any atom is -0.493 e. The quantitative estimate of drug-likeness (QED) is 0.399. The average molecular weight is 364 g/mol. The third-order valence-electron chi connectivity index (χ3n) is 3.33. The average Bonchev–Trinajstić information content (AvgIpc) is 2.87. The van der Waals surface area contributed by atoms with Crippen LogP contribution in [0.1, 0.15) is 5.56 Å². The summed E-state index contributed by atoms with van der Waals surface area (Å²) >= 11 is 0. The van der Waals surface area contributed by atoms with Gasteiger partial charge in [-0.1, -0.05) is 6.07 Å². The topological polar surface area (TPSA) is 131 Å². The largest absolute Gasteiger partial charge is 0.493 e. The number of carboxylic acid groups (broad SMARTS) is 1. The van der Waals surface area contributed by atoms with Crippen LogP contribution in [0.3, 0.4) is 0 Å². The molecule has 0 spiro atoms. The predicted octanol–water partition coefficient (Wildman–Crippen LogP) is 0.224. The van der Waals surface area contributed by atoms with Gasteiger partial charge in [-0.2, -0.15) is 0 Å². The van der Waals surface area contributed by atoms with E-state index in [2.05, 4.69) is 10.1 Å². The molecule has 0 saturated carbocycles. The maximum absolute atomic E-state index is 12.2. The predicted molar refractivity (Wildman–Crippen MR) is 86.4 cm³/mol. The van der Waals surface area contributed by atoms with Gasteiger partial charge in [0.1, 0.15) is 12.2 Å². The molecule has 1 fully saturated rings. The summed E-state index contributed by atoms with van der Waals surface area (Å²) in [6.45, 7) is -1.03. The molecule has 0 aromatic heterocycles. The first-order chi connectivity index (χ1) is 12.3. The maximum Gasteiger partial charge on any atom is 0.341 e. The monoisotopic (exact) mass is 364 g/mol. The summed E-state index contributed by atoms with van der Waals surface area (Å²) < 4.78 is 14.7. The van der Waals surface area contributed by atoms with E-state index in [0.717, 1.165) is 12.0 Å². The zero-order valence-electron chi connectivity index (χ0n) is 14.0. The summed E-state index contributed by atoms with van der Waals surface area (Å²) in [4.78, 5) is 46.6. The van der Waals surface area contributed by atoms with E-state index in [1.807, 2.05) is 0 Å². The highest BCUT2D eigenvalue weighted by molar-refractivity contribution is 6.15. The maximum atomic E-state index is 12.2. The number of amides is 3. The van der Waals surface area contributed by atoms with Gasteiger partial charge in [-0.25, -0.2) is 14.5 Å². The number of aliphatic carboxylic acids is 1. The van der Waals surface area contributed by atoms with Gasteiger partial charge in [-0.15, -0.1) is 0 Å². The number of carbonyl (C=O) groups is 4. The van der Waals surface area contributed by atoms with E-state index in [1.165, 1.54) is 25.3 Å². The van der Waals surface area contributed by atoms with E-state index in [4.69, 9.17) is 14.6 Å². The van der Waals surface area contributed by atoms with Crippen molar-refractivity contribution in [1.82, 2.24) is 10.2 Å². The molecule has 0 aliphatic carbocycles. The molecule has 1 aliphatic heterocycles. The highest BCUT2D eigenvalue weighted by Gasteiger charge is 2.35. The first-order valence-electron chi connectivity index (χ1n) is 7.29. The van der Waals surface area contributed by atoms with Crippen LogP contribution < -0.4 is 14.8 Å². The van der Waals surface area contributed by atoms with Gasteiger partial charge in [0.05, 0.1) is 14.2 Å². The van der Waals surface area contributed by atoms with Gasteiger partial charge in [0, 0.05) is 0 Å². The molecule has 1 saturated heterocycles. The highest BCUT2D eigenvalue weighted by atomic mass is 16.5. The number of hydrogen-bond acceptors (Lipinski definition) is 7. The third kappa shape index (κ3) is 4.29. The smallest absolute Gasteiger partial charge is 0.341 e. The van der Waals surface area contributed by atoms with Crippen LogP contribution in [0, 0.1) is 0 Å². The molecule has 10 nitrogen and oxygen atoms in total. The number of rotatable bonds is 7. The Kier molecular flexibility index (Phi) is 5.78. The molecule has 0 unspecified atom stereocenters. The molecule has 138 valence electrons. The van der Waals surface area contributed by atoms with E-state index >= 15 is 0 Å². The van der Waals surface area contributed by atoms with Crippen molar-refractivity contribution in [3.8, 4) is 11.5 Å². The van der Waals surface area contributed by atoms with Crippen molar-refractivity contribution < 1.29 is 38.5 Å². The van der Waals surface area contributed by atoms with Crippen LogP contribution in [0.2, 0.25) is 0 Å². The van der Waals surface area contributed by atoms with Gasteiger partial charge in [0.15, 0.2) is 18.1 Å². The van der Waals surface area contributed by atoms with Gasteiger partial charge < -0.3 is 24.6 Å². The minimum absolute atomic E-state index is 0.0276. The Morgan fingerprint density at radius 3 is 2.58 bits per heavy atom. The Morgan fingerprint density at radius 1 is 1.23 bits per heavy atom. The Labute approximate surface area is 147 Å². The van der Waals surface area contributed by atoms with Crippen molar-refractivity contribution in [3.63, 3.8) is 0 Å². The molecule has 2 rings (SSSR count). The Morgan fingerprint density at radius 2 is 1.96 bits per heavy atom. The van der Waals surface area contributed by atoms with Crippen LogP contribution in [0.15, 0.2) is 23.9 Å². The summed E-state index contributed by atoms with van der Waals surface area (Å²) in [7, 11) is 2.53. The number of urea groups is 1.